The van der Waals surface area contributed by atoms with Crippen LogP contribution in [0.5, 0.6) is 5.75 Å². The van der Waals surface area contributed by atoms with Gasteiger partial charge >= 0.3 is 0 Å². The topological polar surface area (TPSA) is 45.1 Å². The van der Waals surface area contributed by atoms with Crippen LogP contribution in [0.15, 0.2) is 98.7 Å². The molecule has 0 atom stereocenters. The van der Waals surface area contributed by atoms with Gasteiger partial charge in [-0.2, -0.15) is 0 Å². The standard InChI is InChI=1S/C30H29N3O2S2/c1-5-32-25-17-16-23(35-4)18-26(25)36-27(32)19-24(21-10-8-7-9-11-21)28-29(34)33(6-2)30(37-28)31-22-14-12-20(3)13-15-22/h7-19H,5-6H2,1-4H3/b27-19+,28-24-,31-30?. The van der Waals surface area contributed by atoms with Crippen molar-refractivity contribution in [2.45, 2.75) is 25.7 Å². The quantitative estimate of drug-likeness (QED) is 0.311. The van der Waals surface area contributed by atoms with Crippen molar-refractivity contribution in [3.8, 4) is 5.75 Å². The van der Waals surface area contributed by atoms with Gasteiger partial charge < -0.3 is 9.64 Å². The molecule has 0 unspecified atom stereocenters. The minimum atomic E-state index is -0.0145. The summed E-state index contributed by atoms with van der Waals surface area (Å²) < 4.78 is 5.45. The highest BCUT2D eigenvalue weighted by molar-refractivity contribution is 8.18. The molecule has 37 heavy (non-hydrogen) atoms. The maximum Gasteiger partial charge on any atom is 0.267 e. The number of amides is 1. The molecule has 0 radical (unpaired) electrons. The Kier molecular flexibility index (Phi) is 7.44. The minimum absolute atomic E-state index is 0.0145. The second-order valence-electron chi connectivity index (χ2n) is 8.65. The van der Waals surface area contributed by atoms with E-state index in [1.807, 2.05) is 55.5 Å². The summed E-state index contributed by atoms with van der Waals surface area (Å²) in [6.07, 6.45) is 2.15. The molecule has 3 aromatic carbocycles. The minimum Gasteiger partial charge on any atom is -0.497 e. The highest BCUT2D eigenvalue weighted by Gasteiger charge is 2.35. The predicted molar refractivity (Wildman–Crippen MR) is 157 cm³/mol. The molecule has 1 amide bonds. The molecule has 0 spiro atoms. The number of amidine groups is 1. The number of carbonyl (C=O) groups is 1. The van der Waals surface area contributed by atoms with Gasteiger partial charge in [-0.3, -0.25) is 9.69 Å². The van der Waals surface area contributed by atoms with Crippen LogP contribution in [-0.2, 0) is 4.79 Å². The number of aryl methyl sites for hydroxylation is 1. The Morgan fingerprint density at radius 3 is 2.35 bits per heavy atom. The van der Waals surface area contributed by atoms with E-state index in [4.69, 9.17) is 9.73 Å². The number of fused-ring (bicyclic) bond motifs is 1. The van der Waals surface area contributed by atoms with Crippen LogP contribution in [0.2, 0.25) is 0 Å². The predicted octanol–water partition coefficient (Wildman–Crippen LogP) is 7.47. The molecule has 2 aliphatic rings. The number of anilines is 1. The molecule has 7 heteroatoms. The molecule has 0 aliphatic carbocycles. The summed E-state index contributed by atoms with van der Waals surface area (Å²) in [6.45, 7) is 7.56. The number of thioether (sulfide) groups is 2. The number of rotatable bonds is 6. The summed E-state index contributed by atoms with van der Waals surface area (Å²) in [4.78, 5) is 24.5. The normalized spacial score (nSPS) is 18.6. The van der Waals surface area contributed by atoms with E-state index in [0.29, 0.717) is 16.6 Å². The van der Waals surface area contributed by atoms with Crippen LogP contribution in [0.1, 0.15) is 25.0 Å². The van der Waals surface area contributed by atoms with Gasteiger partial charge in [0, 0.05) is 23.6 Å². The SMILES string of the molecule is CCN1C(=O)/C(=C(\C=C2\Sc3cc(OC)ccc3N2CC)c2ccccc2)SC1=Nc1ccc(C)cc1. The van der Waals surface area contributed by atoms with Crippen molar-refractivity contribution in [3.63, 3.8) is 0 Å². The third kappa shape index (κ3) is 5.06. The van der Waals surface area contributed by atoms with E-state index in [0.717, 1.165) is 44.7 Å². The van der Waals surface area contributed by atoms with Gasteiger partial charge in [0.2, 0.25) is 0 Å². The third-order valence-electron chi connectivity index (χ3n) is 6.29. The number of likely N-dealkylation sites (N-methyl/N-ethyl adjacent to an activating group) is 1. The number of aliphatic imine (C=N–C) groups is 1. The molecule has 2 aliphatic heterocycles. The number of nitrogens with zero attached hydrogens (tertiary/aromatic N) is 3. The van der Waals surface area contributed by atoms with E-state index in [1.54, 1.807) is 23.8 Å². The van der Waals surface area contributed by atoms with E-state index >= 15 is 0 Å². The van der Waals surface area contributed by atoms with Gasteiger partial charge in [-0.1, -0.05) is 59.8 Å². The fraction of sp³-hybridized carbons (Fsp3) is 0.200. The van der Waals surface area contributed by atoms with Crippen LogP contribution in [0.4, 0.5) is 11.4 Å². The van der Waals surface area contributed by atoms with E-state index < -0.39 is 0 Å². The summed E-state index contributed by atoms with van der Waals surface area (Å²) in [5.41, 5.74) is 5.08. The molecule has 0 aromatic heterocycles. The van der Waals surface area contributed by atoms with Crippen LogP contribution in [0.25, 0.3) is 5.57 Å². The van der Waals surface area contributed by atoms with Crippen LogP contribution >= 0.6 is 23.5 Å². The molecule has 0 N–H and O–H groups in total. The van der Waals surface area contributed by atoms with Crippen molar-refractivity contribution >= 4 is 51.5 Å². The third-order valence-corrected chi connectivity index (χ3v) is 8.48. The van der Waals surface area contributed by atoms with Crippen LogP contribution in [0.3, 0.4) is 0 Å². The molecule has 0 saturated carbocycles. The highest BCUT2D eigenvalue weighted by atomic mass is 32.2. The maximum absolute atomic E-state index is 13.7. The highest BCUT2D eigenvalue weighted by Crippen LogP contribution is 2.49. The van der Waals surface area contributed by atoms with Crippen LogP contribution in [-0.4, -0.2) is 36.2 Å². The molecular formula is C30H29N3O2S2. The number of hydrogen-bond donors (Lipinski definition) is 0. The first kappa shape index (κ1) is 25.2. The molecule has 1 saturated heterocycles. The van der Waals surface area contributed by atoms with E-state index in [2.05, 4.69) is 49.1 Å². The van der Waals surface area contributed by atoms with Crippen molar-refractivity contribution in [1.82, 2.24) is 4.90 Å². The molecule has 1 fully saturated rings. The lowest BCUT2D eigenvalue weighted by atomic mass is 10.0. The van der Waals surface area contributed by atoms with Gasteiger partial charge in [-0.25, -0.2) is 4.99 Å². The van der Waals surface area contributed by atoms with Gasteiger partial charge in [0.1, 0.15) is 5.75 Å². The number of ether oxygens (including phenoxy) is 1. The molecule has 2 heterocycles. The van der Waals surface area contributed by atoms with E-state index in [-0.39, 0.29) is 5.91 Å². The number of benzene rings is 3. The summed E-state index contributed by atoms with van der Waals surface area (Å²) in [5.74, 6) is 0.821. The van der Waals surface area contributed by atoms with Gasteiger partial charge in [0.25, 0.3) is 5.91 Å². The van der Waals surface area contributed by atoms with Gasteiger partial charge in [0.05, 0.1) is 28.4 Å². The Balaban J connectivity index is 1.61. The molecular weight excluding hydrogens is 498 g/mol. The lowest BCUT2D eigenvalue weighted by Gasteiger charge is -2.19. The zero-order valence-corrected chi connectivity index (χ0v) is 23.0. The van der Waals surface area contributed by atoms with Crippen molar-refractivity contribution in [2.24, 2.45) is 4.99 Å². The first-order valence-electron chi connectivity index (χ1n) is 12.3. The van der Waals surface area contributed by atoms with Crippen LogP contribution in [0, 0.1) is 6.92 Å². The maximum atomic E-state index is 13.7. The average molecular weight is 528 g/mol. The monoisotopic (exact) mass is 527 g/mol. The number of allylic oxidation sites excluding steroid dienone is 2. The number of carbonyl (C=O) groups excluding carboxylic acids is 1. The Labute approximate surface area is 226 Å². The Morgan fingerprint density at radius 1 is 0.946 bits per heavy atom. The van der Waals surface area contributed by atoms with Gasteiger partial charge in [-0.15, -0.1) is 0 Å². The zero-order chi connectivity index (χ0) is 25.9. The fourth-order valence-electron chi connectivity index (χ4n) is 4.33. The molecule has 5 rings (SSSR count). The van der Waals surface area contributed by atoms with E-state index in [1.165, 1.54) is 17.3 Å². The van der Waals surface area contributed by atoms with Crippen molar-refractivity contribution in [1.29, 1.82) is 0 Å². The van der Waals surface area contributed by atoms with Crippen molar-refractivity contribution < 1.29 is 9.53 Å². The second kappa shape index (κ2) is 10.9. The zero-order valence-electron chi connectivity index (χ0n) is 21.4. The van der Waals surface area contributed by atoms with Crippen molar-refractivity contribution in [2.75, 3.05) is 25.1 Å². The fourth-order valence-corrected chi connectivity index (χ4v) is 6.67. The molecule has 5 nitrogen and oxygen atoms in total. The summed E-state index contributed by atoms with van der Waals surface area (Å²) >= 11 is 3.15. The molecule has 3 aromatic rings. The lowest BCUT2D eigenvalue weighted by Crippen LogP contribution is -2.28. The average Bonchev–Trinajstić information content (AvgIpc) is 3.43. The lowest BCUT2D eigenvalue weighted by molar-refractivity contribution is -0.122. The Hall–Kier alpha value is -3.42. The molecule has 188 valence electrons. The smallest absolute Gasteiger partial charge is 0.267 e. The summed E-state index contributed by atoms with van der Waals surface area (Å²) in [5, 5.41) is 1.79. The van der Waals surface area contributed by atoms with Gasteiger partial charge in [-0.05, 0) is 74.5 Å². The number of methoxy groups -OCH3 is 1. The Bertz CT molecular complexity index is 1410. The van der Waals surface area contributed by atoms with Gasteiger partial charge in [0.15, 0.2) is 5.17 Å². The largest absolute Gasteiger partial charge is 0.497 e. The first-order valence-corrected chi connectivity index (χ1v) is 14.0. The first-order chi connectivity index (χ1) is 18.0. The second-order valence-corrected chi connectivity index (χ2v) is 10.7. The van der Waals surface area contributed by atoms with Crippen molar-refractivity contribution in [3.05, 3.63) is 99.9 Å². The summed E-state index contributed by atoms with van der Waals surface area (Å²) in [6, 6.07) is 24.4. The Morgan fingerprint density at radius 2 is 1.68 bits per heavy atom. The number of hydrogen-bond acceptors (Lipinski definition) is 6. The summed E-state index contributed by atoms with van der Waals surface area (Å²) in [7, 11) is 1.69. The van der Waals surface area contributed by atoms with Crippen LogP contribution < -0.4 is 9.64 Å². The van der Waals surface area contributed by atoms with E-state index in [9.17, 15) is 4.79 Å². The molecule has 0 bridgehead atoms.